The Kier molecular flexibility index (Phi) is 5.59. The molecule has 8 aromatic rings. The summed E-state index contributed by atoms with van der Waals surface area (Å²) in [6.45, 7) is 0. The van der Waals surface area contributed by atoms with Crippen molar-refractivity contribution < 1.29 is 9.18 Å². The number of rotatable bonds is 4. The van der Waals surface area contributed by atoms with Gasteiger partial charge in [-0.15, -0.1) is 0 Å². The fraction of sp³-hybridized carbons (Fsp3) is 0.0278. The van der Waals surface area contributed by atoms with Crippen molar-refractivity contribution in [3.8, 4) is 28.2 Å². The minimum atomic E-state index is -0.375. The Labute approximate surface area is 245 Å². The van der Waals surface area contributed by atoms with Gasteiger partial charge in [-0.25, -0.2) is 14.4 Å². The Morgan fingerprint density at radius 3 is 2.37 bits per heavy atom. The third kappa shape index (κ3) is 3.89. The van der Waals surface area contributed by atoms with E-state index in [1.165, 1.54) is 6.07 Å². The fourth-order valence-corrected chi connectivity index (χ4v) is 6.03. The Morgan fingerprint density at radius 2 is 1.51 bits per heavy atom. The number of amides is 1. The molecule has 1 amide bonds. The monoisotopic (exact) mass is 561 g/mol. The van der Waals surface area contributed by atoms with Gasteiger partial charge < -0.3 is 14.9 Å². The SMILES string of the molecule is CNC(=O)c1cccc2nc(-c3cn(-c4ccc(F)c5nc(-c6c[nH]c7ccccc67)ccc45)c4ccccc34)ccc12. The van der Waals surface area contributed by atoms with Gasteiger partial charge in [0.25, 0.3) is 5.91 Å². The number of carbonyl (C=O) groups is 1. The fourth-order valence-electron chi connectivity index (χ4n) is 6.03. The topological polar surface area (TPSA) is 75.6 Å². The third-order valence-electron chi connectivity index (χ3n) is 8.10. The predicted molar refractivity (Wildman–Crippen MR) is 170 cm³/mol. The molecule has 0 unspecified atom stereocenters. The number of halogens is 1. The number of nitrogens with one attached hydrogen (secondary N) is 2. The van der Waals surface area contributed by atoms with Crippen molar-refractivity contribution in [2.24, 2.45) is 0 Å². The first-order chi connectivity index (χ1) is 21.1. The van der Waals surface area contributed by atoms with Gasteiger partial charge in [-0.3, -0.25) is 4.79 Å². The Hall–Kier alpha value is -5.82. The van der Waals surface area contributed by atoms with Crippen molar-refractivity contribution in [3.63, 3.8) is 0 Å². The largest absolute Gasteiger partial charge is 0.360 e. The summed E-state index contributed by atoms with van der Waals surface area (Å²) in [4.78, 5) is 25.5. The summed E-state index contributed by atoms with van der Waals surface area (Å²) in [6.07, 6.45) is 3.96. The van der Waals surface area contributed by atoms with Crippen LogP contribution in [-0.4, -0.2) is 32.5 Å². The highest BCUT2D eigenvalue weighted by molar-refractivity contribution is 6.07. The van der Waals surface area contributed by atoms with Crippen LogP contribution in [0.1, 0.15) is 10.4 Å². The maximum atomic E-state index is 15.3. The number of fused-ring (bicyclic) bond motifs is 4. The van der Waals surface area contributed by atoms with Crippen LogP contribution in [0.5, 0.6) is 0 Å². The molecule has 6 nitrogen and oxygen atoms in total. The van der Waals surface area contributed by atoms with E-state index < -0.39 is 0 Å². The van der Waals surface area contributed by atoms with Crippen molar-refractivity contribution in [1.82, 2.24) is 24.8 Å². The van der Waals surface area contributed by atoms with Crippen molar-refractivity contribution >= 4 is 49.5 Å². The van der Waals surface area contributed by atoms with Crippen LogP contribution in [0.3, 0.4) is 0 Å². The molecule has 0 bridgehead atoms. The second-order valence-corrected chi connectivity index (χ2v) is 10.5. The van der Waals surface area contributed by atoms with E-state index >= 15 is 4.39 Å². The van der Waals surface area contributed by atoms with Crippen LogP contribution in [0.25, 0.3) is 71.8 Å². The predicted octanol–water partition coefficient (Wildman–Crippen LogP) is 8.04. The van der Waals surface area contributed by atoms with Crippen LogP contribution in [0.4, 0.5) is 4.39 Å². The Bertz CT molecular complexity index is 2390. The van der Waals surface area contributed by atoms with E-state index in [2.05, 4.69) is 20.9 Å². The maximum absolute atomic E-state index is 15.3. The summed E-state index contributed by atoms with van der Waals surface area (Å²) < 4.78 is 17.4. The summed E-state index contributed by atoms with van der Waals surface area (Å²) >= 11 is 0. The molecule has 4 aromatic heterocycles. The zero-order chi connectivity index (χ0) is 29.1. The number of nitrogens with zero attached hydrogens (tertiary/aromatic N) is 3. The molecule has 0 fully saturated rings. The lowest BCUT2D eigenvalue weighted by molar-refractivity contribution is 0.0964. The van der Waals surface area contributed by atoms with E-state index in [1.54, 1.807) is 19.2 Å². The lowest BCUT2D eigenvalue weighted by Crippen LogP contribution is -2.18. The zero-order valence-electron chi connectivity index (χ0n) is 23.1. The van der Waals surface area contributed by atoms with E-state index in [0.29, 0.717) is 22.2 Å². The van der Waals surface area contributed by atoms with E-state index in [0.717, 1.165) is 55.2 Å². The van der Waals surface area contributed by atoms with Gasteiger partial charge in [-0.05, 0) is 60.7 Å². The summed E-state index contributed by atoms with van der Waals surface area (Å²) in [7, 11) is 1.62. The molecule has 0 aliphatic heterocycles. The van der Waals surface area contributed by atoms with Crippen molar-refractivity contribution in [3.05, 3.63) is 127 Å². The van der Waals surface area contributed by atoms with Gasteiger partial charge >= 0.3 is 0 Å². The van der Waals surface area contributed by atoms with Crippen LogP contribution in [0.15, 0.2) is 116 Å². The molecule has 0 atom stereocenters. The number of carbonyl (C=O) groups excluding carboxylic acids is 1. The van der Waals surface area contributed by atoms with Gasteiger partial charge in [0.1, 0.15) is 11.3 Å². The summed E-state index contributed by atoms with van der Waals surface area (Å²) in [6, 6.07) is 32.7. The molecule has 0 saturated carbocycles. The molecule has 0 aliphatic carbocycles. The molecule has 4 aromatic carbocycles. The summed E-state index contributed by atoms with van der Waals surface area (Å²) in [5.41, 5.74) is 7.76. The molecular formula is C36H24FN5O. The number of aromatic nitrogens is 4. The Morgan fingerprint density at radius 1 is 0.744 bits per heavy atom. The van der Waals surface area contributed by atoms with Crippen LogP contribution in [0.2, 0.25) is 0 Å². The molecule has 0 spiro atoms. The Balaban J connectivity index is 1.30. The zero-order valence-corrected chi connectivity index (χ0v) is 23.1. The highest BCUT2D eigenvalue weighted by Gasteiger charge is 2.18. The van der Waals surface area contributed by atoms with E-state index in [4.69, 9.17) is 9.97 Å². The first-order valence-corrected chi connectivity index (χ1v) is 14.0. The number of hydrogen-bond acceptors (Lipinski definition) is 3. The molecular weight excluding hydrogens is 537 g/mol. The number of para-hydroxylation sites is 2. The minimum Gasteiger partial charge on any atom is -0.360 e. The molecule has 43 heavy (non-hydrogen) atoms. The van der Waals surface area contributed by atoms with Gasteiger partial charge in [0.15, 0.2) is 0 Å². The lowest BCUT2D eigenvalue weighted by Gasteiger charge is -2.11. The van der Waals surface area contributed by atoms with Crippen LogP contribution in [-0.2, 0) is 0 Å². The number of H-pyrrole nitrogens is 1. The van der Waals surface area contributed by atoms with Crippen molar-refractivity contribution in [2.45, 2.75) is 0 Å². The number of pyridine rings is 2. The van der Waals surface area contributed by atoms with Crippen LogP contribution >= 0.6 is 0 Å². The lowest BCUT2D eigenvalue weighted by atomic mass is 10.0. The van der Waals surface area contributed by atoms with Gasteiger partial charge in [0.05, 0.1) is 28.1 Å². The molecule has 8 rings (SSSR count). The van der Waals surface area contributed by atoms with Gasteiger partial charge in [-0.1, -0.05) is 42.5 Å². The minimum absolute atomic E-state index is 0.151. The summed E-state index contributed by atoms with van der Waals surface area (Å²) in [5.74, 6) is -0.526. The maximum Gasteiger partial charge on any atom is 0.251 e. The van der Waals surface area contributed by atoms with Crippen LogP contribution in [0, 0.1) is 5.82 Å². The average Bonchev–Trinajstić information content (AvgIpc) is 3.66. The molecule has 7 heteroatoms. The van der Waals surface area contributed by atoms with Crippen molar-refractivity contribution in [2.75, 3.05) is 7.05 Å². The molecule has 0 saturated heterocycles. The van der Waals surface area contributed by atoms with E-state index in [1.807, 2.05) is 91.3 Å². The smallest absolute Gasteiger partial charge is 0.251 e. The van der Waals surface area contributed by atoms with Crippen LogP contribution < -0.4 is 5.32 Å². The van der Waals surface area contributed by atoms with Gasteiger partial charge in [0.2, 0.25) is 0 Å². The van der Waals surface area contributed by atoms with E-state index in [9.17, 15) is 4.79 Å². The molecule has 0 radical (unpaired) electrons. The normalized spacial score (nSPS) is 11.6. The molecule has 0 aliphatic rings. The number of benzene rings is 4. The molecule has 2 N–H and O–H groups in total. The second-order valence-electron chi connectivity index (χ2n) is 10.5. The average molecular weight is 562 g/mol. The first kappa shape index (κ1) is 24.9. The highest BCUT2D eigenvalue weighted by atomic mass is 19.1. The highest BCUT2D eigenvalue weighted by Crippen LogP contribution is 2.36. The first-order valence-electron chi connectivity index (χ1n) is 14.0. The quantitative estimate of drug-likeness (QED) is 0.228. The second kappa shape index (κ2) is 9.63. The molecule has 4 heterocycles. The van der Waals surface area contributed by atoms with Gasteiger partial charge in [0, 0.05) is 63.2 Å². The number of hydrogen-bond donors (Lipinski definition) is 2. The summed E-state index contributed by atoms with van der Waals surface area (Å²) in [5, 5.41) is 6.24. The van der Waals surface area contributed by atoms with Crippen molar-refractivity contribution in [1.29, 1.82) is 0 Å². The van der Waals surface area contributed by atoms with E-state index in [-0.39, 0.29) is 11.7 Å². The number of aromatic amines is 1. The van der Waals surface area contributed by atoms with Gasteiger partial charge in [-0.2, -0.15) is 0 Å². The standard InChI is InChI=1S/C36H24FN5O/c1-38-36(43)24-9-6-11-30-22(24)13-16-32(40-30)27-20-42(33-12-5-3-8-23(27)33)34-18-15-28(37)35-25(34)14-17-31(41-35)26-19-39-29-10-4-2-7-21(26)29/h2-20,39H,1H3,(H,38,43). The molecule has 206 valence electrons. The third-order valence-corrected chi connectivity index (χ3v) is 8.10.